The molecule has 2 aromatic carbocycles. The Kier molecular flexibility index (Phi) is 5.47. The Morgan fingerprint density at radius 3 is 2.68 bits per heavy atom. The van der Waals surface area contributed by atoms with Crippen LogP contribution in [0.3, 0.4) is 0 Å². The van der Waals surface area contributed by atoms with E-state index in [4.69, 9.17) is 4.52 Å². The van der Waals surface area contributed by atoms with Crippen LogP contribution in [-0.2, 0) is 11.3 Å². The number of benzene rings is 2. The Hall–Kier alpha value is -4.59. The third-order valence-corrected chi connectivity index (χ3v) is 5.75. The number of hydrogen-bond donors (Lipinski definition) is 1. The monoisotopic (exact) mass is 451 g/mol. The number of anilines is 1. The Morgan fingerprint density at radius 2 is 1.85 bits per heavy atom. The van der Waals surface area contributed by atoms with Gasteiger partial charge in [-0.05, 0) is 49.2 Å². The van der Waals surface area contributed by atoms with E-state index in [1.807, 2.05) is 56.3 Å². The predicted octanol–water partition coefficient (Wildman–Crippen LogP) is 4.37. The van der Waals surface area contributed by atoms with Gasteiger partial charge in [0.15, 0.2) is 0 Å². The lowest BCUT2D eigenvalue weighted by Crippen LogP contribution is -2.28. The van der Waals surface area contributed by atoms with E-state index >= 15 is 0 Å². The van der Waals surface area contributed by atoms with Crippen molar-refractivity contribution in [2.75, 3.05) is 5.32 Å². The summed E-state index contributed by atoms with van der Waals surface area (Å²) in [5.41, 5.74) is 4.12. The first-order valence-electron chi connectivity index (χ1n) is 10.8. The van der Waals surface area contributed by atoms with E-state index < -0.39 is 0 Å². The number of aryl methyl sites for hydroxylation is 1. The van der Waals surface area contributed by atoms with E-state index in [1.54, 1.807) is 24.4 Å². The Labute approximate surface area is 194 Å². The van der Waals surface area contributed by atoms with Crippen LogP contribution in [0.5, 0.6) is 0 Å². The number of hydrogen-bond acceptors (Lipinski definition) is 6. The van der Waals surface area contributed by atoms with Gasteiger partial charge in [0, 0.05) is 23.3 Å². The summed E-state index contributed by atoms with van der Waals surface area (Å²) in [4.78, 5) is 34.6. The molecule has 0 bridgehead atoms. The molecule has 0 atom stereocenters. The highest BCUT2D eigenvalue weighted by molar-refractivity contribution is 5.95. The summed E-state index contributed by atoms with van der Waals surface area (Å²) in [6, 6.07) is 19.9. The number of nitrogens with one attached hydrogen (secondary N) is 1. The van der Waals surface area contributed by atoms with Crippen LogP contribution in [0.15, 0.2) is 82.2 Å². The lowest BCUT2D eigenvalue weighted by atomic mass is 10.1. The van der Waals surface area contributed by atoms with Crippen LogP contribution in [0.1, 0.15) is 11.1 Å². The summed E-state index contributed by atoms with van der Waals surface area (Å²) in [6.45, 7) is 3.81. The fourth-order valence-electron chi connectivity index (χ4n) is 3.83. The van der Waals surface area contributed by atoms with E-state index in [-0.39, 0.29) is 23.9 Å². The zero-order valence-electron chi connectivity index (χ0n) is 18.6. The molecule has 0 spiro atoms. The summed E-state index contributed by atoms with van der Waals surface area (Å²) in [5.74, 6) is 0.252. The number of pyridine rings is 2. The number of amides is 1. The van der Waals surface area contributed by atoms with Gasteiger partial charge in [0.1, 0.15) is 12.2 Å². The molecule has 3 heterocycles. The number of rotatable bonds is 5. The summed E-state index contributed by atoms with van der Waals surface area (Å²) in [5, 5.41) is 7.64. The molecule has 34 heavy (non-hydrogen) atoms. The van der Waals surface area contributed by atoms with Crippen molar-refractivity contribution in [2.24, 2.45) is 0 Å². The topological polar surface area (TPSA) is 103 Å². The first-order chi connectivity index (χ1) is 16.5. The van der Waals surface area contributed by atoms with Crippen LogP contribution in [0.4, 0.5) is 5.69 Å². The molecule has 0 aliphatic heterocycles. The molecule has 1 N–H and O–H groups in total. The molecule has 0 radical (unpaired) electrons. The zero-order valence-corrected chi connectivity index (χ0v) is 18.6. The van der Waals surface area contributed by atoms with E-state index in [9.17, 15) is 9.59 Å². The lowest BCUT2D eigenvalue weighted by molar-refractivity contribution is -0.116. The second kappa shape index (κ2) is 8.74. The quantitative estimate of drug-likeness (QED) is 0.426. The maximum absolute atomic E-state index is 13.1. The predicted molar refractivity (Wildman–Crippen MR) is 129 cm³/mol. The summed E-state index contributed by atoms with van der Waals surface area (Å²) in [7, 11) is 0. The molecule has 3 aromatic heterocycles. The van der Waals surface area contributed by atoms with Gasteiger partial charge >= 0.3 is 0 Å². The van der Waals surface area contributed by atoms with Crippen LogP contribution in [0, 0.1) is 13.8 Å². The molecule has 168 valence electrons. The molecule has 8 nitrogen and oxygen atoms in total. The second-order valence-electron chi connectivity index (χ2n) is 7.93. The highest BCUT2D eigenvalue weighted by Gasteiger charge is 2.18. The lowest BCUT2D eigenvalue weighted by Gasteiger charge is -2.14. The molecule has 0 aliphatic rings. The van der Waals surface area contributed by atoms with Crippen LogP contribution in [0.25, 0.3) is 33.9 Å². The fourth-order valence-corrected chi connectivity index (χ4v) is 3.83. The third-order valence-electron chi connectivity index (χ3n) is 5.75. The maximum atomic E-state index is 13.1. The van der Waals surface area contributed by atoms with Gasteiger partial charge in [-0.1, -0.05) is 41.6 Å². The van der Waals surface area contributed by atoms with Gasteiger partial charge in [-0.25, -0.2) is 0 Å². The largest absolute Gasteiger partial charge is 0.334 e. The minimum atomic E-state index is -0.345. The molecule has 0 saturated heterocycles. The van der Waals surface area contributed by atoms with Crippen molar-refractivity contribution < 1.29 is 9.32 Å². The third kappa shape index (κ3) is 3.97. The van der Waals surface area contributed by atoms with Gasteiger partial charge in [-0.3, -0.25) is 19.1 Å². The van der Waals surface area contributed by atoms with Crippen LogP contribution in [0.2, 0.25) is 0 Å². The van der Waals surface area contributed by atoms with Crippen molar-refractivity contribution in [3.8, 4) is 23.0 Å². The molecule has 0 saturated carbocycles. The fraction of sp³-hybridized carbons (Fsp3) is 0.115. The molecule has 8 heteroatoms. The van der Waals surface area contributed by atoms with Gasteiger partial charge in [0.25, 0.3) is 11.4 Å². The second-order valence-corrected chi connectivity index (χ2v) is 7.93. The van der Waals surface area contributed by atoms with Crippen molar-refractivity contribution in [3.05, 3.63) is 94.4 Å². The molecule has 1 amide bonds. The first kappa shape index (κ1) is 21.3. The number of carbonyl (C=O) groups is 1. The van der Waals surface area contributed by atoms with Gasteiger partial charge in [-0.15, -0.1) is 0 Å². The summed E-state index contributed by atoms with van der Waals surface area (Å²) >= 11 is 0. The summed E-state index contributed by atoms with van der Waals surface area (Å²) in [6.07, 6.45) is 1.64. The number of fused-ring (bicyclic) bond motifs is 1. The molecule has 5 aromatic rings. The van der Waals surface area contributed by atoms with Crippen molar-refractivity contribution in [3.63, 3.8) is 0 Å². The van der Waals surface area contributed by atoms with Crippen molar-refractivity contribution in [1.29, 1.82) is 0 Å². The average Bonchev–Trinajstić information content (AvgIpc) is 3.34. The molecule has 0 fully saturated rings. The molecular formula is C26H21N5O3. The zero-order chi connectivity index (χ0) is 23.7. The van der Waals surface area contributed by atoms with E-state index in [0.29, 0.717) is 22.6 Å². The number of nitrogens with zero attached hydrogens (tertiary/aromatic N) is 4. The van der Waals surface area contributed by atoms with Crippen molar-refractivity contribution in [2.45, 2.75) is 20.4 Å². The first-order valence-corrected chi connectivity index (χ1v) is 10.8. The minimum absolute atomic E-state index is 0.129. The Bertz CT molecular complexity index is 1570. The highest BCUT2D eigenvalue weighted by Crippen LogP contribution is 2.27. The van der Waals surface area contributed by atoms with Crippen LogP contribution >= 0.6 is 0 Å². The van der Waals surface area contributed by atoms with Gasteiger partial charge in [0.2, 0.25) is 11.7 Å². The molecular weight excluding hydrogens is 430 g/mol. The van der Waals surface area contributed by atoms with E-state index in [2.05, 4.69) is 20.4 Å². The van der Waals surface area contributed by atoms with Crippen molar-refractivity contribution in [1.82, 2.24) is 19.7 Å². The van der Waals surface area contributed by atoms with Gasteiger partial charge in [0.05, 0.1) is 11.1 Å². The number of para-hydroxylation sites is 1. The Balaban J connectivity index is 1.51. The number of carbonyl (C=O) groups excluding carboxylic acids is 1. The Morgan fingerprint density at radius 1 is 1.03 bits per heavy atom. The van der Waals surface area contributed by atoms with E-state index in [1.165, 1.54) is 10.6 Å². The van der Waals surface area contributed by atoms with Crippen LogP contribution < -0.4 is 10.9 Å². The number of aromatic nitrogens is 4. The smallest absolute Gasteiger partial charge is 0.259 e. The molecule has 0 unspecified atom stereocenters. The maximum Gasteiger partial charge on any atom is 0.259 e. The highest BCUT2D eigenvalue weighted by atomic mass is 16.5. The van der Waals surface area contributed by atoms with Crippen LogP contribution in [-0.4, -0.2) is 25.6 Å². The van der Waals surface area contributed by atoms with Gasteiger partial charge in [-0.2, -0.15) is 4.98 Å². The van der Waals surface area contributed by atoms with Gasteiger partial charge < -0.3 is 9.84 Å². The van der Waals surface area contributed by atoms with Crippen molar-refractivity contribution >= 4 is 22.5 Å². The normalized spacial score (nSPS) is 11.0. The average molecular weight is 451 g/mol. The SMILES string of the molecule is Cc1cccc(NC(=O)Cn2c(=O)cc(-c3nc(-c4ccccn4)no3)c3ccccc32)c1C. The molecule has 5 rings (SSSR count). The standard InChI is InChI=1S/C26H21N5O3/c1-16-8-7-11-20(17(16)2)28-23(32)15-31-22-12-4-3-9-18(22)19(14-24(31)33)26-29-25(30-34-26)21-10-5-6-13-27-21/h3-14H,15H2,1-2H3,(H,28,32). The van der Waals surface area contributed by atoms with E-state index in [0.717, 1.165) is 22.2 Å². The molecule has 0 aliphatic carbocycles. The minimum Gasteiger partial charge on any atom is -0.334 e. The summed E-state index contributed by atoms with van der Waals surface area (Å²) < 4.78 is 6.90.